The van der Waals surface area contributed by atoms with Crippen molar-refractivity contribution in [2.75, 3.05) is 18.9 Å². The minimum absolute atomic E-state index is 0.0442. The predicted molar refractivity (Wildman–Crippen MR) is 112 cm³/mol. The second kappa shape index (κ2) is 9.00. The molecule has 0 unspecified atom stereocenters. The van der Waals surface area contributed by atoms with Crippen molar-refractivity contribution in [3.8, 4) is 0 Å². The van der Waals surface area contributed by atoms with Crippen molar-refractivity contribution in [1.29, 1.82) is 0 Å². The van der Waals surface area contributed by atoms with Gasteiger partial charge < -0.3 is 21.7 Å². The maximum atomic E-state index is 11.9. The number of carbonyl (C=O) groups excluding carboxylic acids is 2. The molecule has 29 heavy (non-hydrogen) atoms. The molecule has 0 saturated heterocycles. The van der Waals surface area contributed by atoms with E-state index < -0.39 is 5.91 Å². The zero-order valence-corrected chi connectivity index (χ0v) is 17.1. The number of carbonyl (C=O) groups is 2. The molecule has 2 heterocycles. The van der Waals surface area contributed by atoms with E-state index >= 15 is 0 Å². The molecule has 3 rings (SSSR count). The molecule has 5 N–H and O–H groups in total. The van der Waals surface area contributed by atoms with Crippen LogP contribution in [-0.4, -0.2) is 41.4 Å². The first-order valence-corrected chi connectivity index (χ1v) is 9.86. The number of likely N-dealkylation sites (N-methyl/N-ethyl adjacent to an activating group) is 1. The number of hydrogen-bond donors (Lipinski definition) is 4. The van der Waals surface area contributed by atoms with Crippen LogP contribution in [-0.2, 0) is 11.2 Å². The molecule has 1 fully saturated rings. The molecule has 0 aliphatic heterocycles. The average Bonchev–Trinajstić information content (AvgIpc) is 3.53. The highest BCUT2D eigenvalue weighted by molar-refractivity contribution is 5.98. The molecule has 2 aromatic rings. The highest BCUT2D eigenvalue weighted by Gasteiger charge is 2.28. The molecule has 2 aromatic heterocycles. The van der Waals surface area contributed by atoms with Crippen molar-refractivity contribution in [2.24, 2.45) is 5.73 Å². The van der Waals surface area contributed by atoms with Crippen LogP contribution in [0.3, 0.4) is 0 Å². The van der Waals surface area contributed by atoms with E-state index in [1.165, 1.54) is 0 Å². The van der Waals surface area contributed by atoms with Gasteiger partial charge in [0.1, 0.15) is 5.82 Å². The molecule has 154 valence electrons. The minimum atomic E-state index is -0.518. The first-order valence-electron chi connectivity index (χ1n) is 9.86. The monoisotopic (exact) mass is 396 g/mol. The second-order valence-electron chi connectivity index (χ2n) is 7.48. The molecule has 1 aliphatic carbocycles. The SMILES string of the molecule is CN[C@@H](C)C(=O)NCCc1cncc(Nc2nc(C3CC3)c(C)cc2C(N)=O)c1. The van der Waals surface area contributed by atoms with Crippen LogP contribution in [0, 0.1) is 6.92 Å². The maximum Gasteiger partial charge on any atom is 0.252 e. The van der Waals surface area contributed by atoms with Crippen LogP contribution in [0.5, 0.6) is 0 Å². The molecular weight excluding hydrogens is 368 g/mol. The van der Waals surface area contributed by atoms with Gasteiger partial charge in [0.2, 0.25) is 5.91 Å². The number of primary amides is 1. The summed E-state index contributed by atoms with van der Waals surface area (Å²) in [5.41, 5.74) is 9.61. The largest absolute Gasteiger partial charge is 0.365 e. The van der Waals surface area contributed by atoms with Gasteiger partial charge in [0.25, 0.3) is 5.91 Å². The summed E-state index contributed by atoms with van der Waals surface area (Å²) in [5, 5.41) is 8.99. The van der Waals surface area contributed by atoms with E-state index in [0.717, 1.165) is 35.3 Å². The lowest BCUT2D eigenvalue weighted by atomic mass is 10.1. The Morgan fingerprint density at radius 3 is 2.69 bits per heavy atom. The smallest absolute Gasteiger partial charge is 0.252 e. The van der Waals surface area contributed by atoms with Crippen molar-refractivity contribution in [3.05, 3.63) is 46.9 Å². The van der Waals surface area contributed by atoms with E-state index in [2.05, 4.69) is 20.9 Å². The summed E-state index contributed by atoms with van der Waals surface area (Å²) in [4.78, 5) is 32.7. The third kappa shape index (κ3) is 5.29. The predicted octanol–water partition coefficient (Wildman–Crippen LogP) is 1.77. The maximum absolute atomic E-state index is 11.9. The van der Waals surface area contributed by atoms with Gasteiger partial charge in [-0.25, -0.2) is 4.98 Å². The lowest BCUT2D eigenvalue weighted by Crippen LogP contribution is -2.41. The van der Waals surface area contributed by atoms with E-state index in [1.807, 2.05) is 19.9 Å². The van der Waals surface area contributed by atoms with Crippen LogP contribution < -0.4 is 21.7 Å². The van der Waals surface area contributed by atoms with Crippen molar-refractivity contribution in [3.63, 3.8) is 0 Å². The third-order valence-electron chi connectivity index (χ3n) is 5.08. The van der Waals surface area contributed by atoms with E-state index in [0.29, 0.717) is 30.3 Å². The molecule has 0 bridgehead atoms. The van der Waals surface area contributed by atoms with Gasteiger partial charge in [-0.1, -0.05) is 0 Å². The zero-order chi connectivity index (χ0) is 21.0. The Hall–Kier alpha value is -3.00. The molecule has 0 aromatic carbocycles. The van der Waals surface area contributed by atoms with Crippen LogP contribution in [0.15, 0.2) is 24.5 Å². The third-order valence-corrected chi connectivity index (χ3v) is 5.08. The molecule has 1 atom stereocenters. The quantitative estimate of drug-likeness (QED) is 0.512. The Morgan fingerprint density at radius 2 is 2.03 bits per heavy atom. The number of hydrogen-bond acceptors (Lipinski definition) is 6. The number of aromatic nitrogens is 2. The van der Waals surface area contributed by atoms with Crippen molar-refractivity contribution >= 4 is 23.3 Å². The average molecular weight is 396 g/mol. The molecule has 1 saturated carbocycles. The highest BCUT2D eigenvalue weighted by atomic mass is 16.2. The number of rotatable bonds is 9. The highest BCUT2D eigenvalue weighted by Crippen LogP contribution is 2.41. The van der Waals surface area contributed by atoms with E-state index in [-0.39, 0.29) is 11.9 Å². The Balaban J connectivity index is 1.72. The Kier molecular flexibility index (Phi) is 6.43. The fourth-order valence-corrected chi connectivity index (χ4v) is 3.12. The summed E-state index contributed by atoms with van der Waals surface area (Å²) in [6.07, 6.45) is 6.32. The first kappa shape index (κ1) is 20.7. The topological polar surface area (TPSA) is 122 Å². The van der Waals surface area contributed by atoms with Gasteiger partial charge in [0.15, 0.2) is 0 Å². The summed E-state index contributed by atoms with van der Waals surface area (Å²) in [6, 6.07) is 3.51. The zero-order valence-electron chi connectivity index (χ0n) is 17.1. The summed E-state index contributed by atoms with van der Waals surface area (Å²) in [6.45, 7) is 4.28. The molecule has 1 aliphatic rings. The second-order valence-corrected chi connectivity index (χ2v) is 7.48. The molecule has 8 nitrogen and oxygen atoms in total. The van der Waals surface area contributed by atoms with Gasteiger partial charge >= 0.3 is 0 Å². The minimum Gasteiger partial charge on any atom is -0.365 e. The standard InChI is InChI=1S/C21H28N6O2/c1-12-8-17(19(22)28)20(27-18(12)15-4-5-15)26-16-9-14(10-24-11-16)6-7-25-21(29)13(2)23-3/h8-11,13,15,23H,4-7H2,1-3H3,(H2,22,28)(H,25,29)(H,26,27)/t13-/m0/s1. The van der Waals surface area contributed by atoms with Crippen LogP contribution in [0.25, 0.3) is 0 Å². The van der Waals surface area contributed by atoms with Gasteiger partial charge in [-0.3, -0.25) is 14.6 Å². The first-order chi connectivity index (χ1) is 13.9. The van der Waals surface area contributed by atoms with Gasteiger partial charge in [0, 0.05) is 24.4 Å². The van der Waals surface area contributed by atoms with Crippen LogP contribution in [0.2, 0.25) is 0 Å². The number of pyridine rings is 2. The number of nitrogens with two attached hydrogens (primary N) is 1. The number of nitrogens with one attached hydrogen (secondary N) is 3. The van der Waals surface area contributed by atoms with Gasteiger partial charge in [0.05, 0.1) is 23.5 Å². The van der Waals surface area contributed by atoms with E-state index in [4.69, 9.17) is 10.7 Å². The molecule has 0 radical (unpaired) electrons. The number of anilines is 2. The Labute approximate surface area is 170 Å². The Bertz CT molecular complexity index is 910. The molecular formula is C21H28N6O2. The van der Waals surface area contributed by atoms with Crippen molar-refractivity contribution in [1.82, 2.24) is 20.6 Å². The number of aryl methyl sites for hydroxylation is 1. The summed E-state index contributed by atoms with van der Waals surface area (Å²) < 4.78 is 0. The fourth-order valence-electron chi connectivity index (χ4n) is 3.12. The van der Waals surface area contributed by atoms with Gasteiger partial charge in [-0.05, 0) is 63.4 Å². The van der Waals surface area contributed by atoms with Crippen molar-refractivity contribution in [2.45, 2.75) is 45.1 Å². The van der Waals surface area contributed by atoms with Crippen LogP contribution in [0.1, 0.15) is 52.9 Å². The van der Waals surface area contributed by atoms with E-state index in [1.54, 1.807) is 25.5 Å². The molecule has 2 amide bonds. The normalized spacial score (nSPS) is 14.3. The summed E-state index contributed by atoms with van der Waals surface area (Å²) >= 11 is 0. The number of nitrogens with zero attached hydrogens (tertiary/aromatic N) is 2. The number of amides is 2. The van der Waals surface area contributed by atoms with Gasteiger partial charge in [-0.2, -0.15) is 0 Å². The van der Waals surface area contributed by atoms with Crippen molar-refractivity contribution < 1.29 is 9.59 Å². The van der Waals surface area contributed by atoms with E-state index in [9.17, 15) is 9.59 Å². The lowest BCUT2D eigenvalue weighted by Gasteiger charge is -2.14. The molecule has 8 heteroatoms. The van der Waals surface area contributed by atoms with Crippen LogP contribution >= 0.6 is 0 Å². The van der Waals surface area contributed by atoms with Gasteiger partial charge in [-0.15, -0.1) is 0 Å². The summed E-state index contributed by atoms with van der Waals surface area (Å²) in [5.74, 6) is 0.360. The fraction of sp³-hybridized carbons (Fsp3) is 0.429. The Morgan fingerprint density at radius 1 is 1.28 bits per heavy atom. The van der Waals surface area contributed by atoms with Crippen LogP contribution in [0.4, 0.5) is 11.5 Å². The summed E-state index contributed by atoms with van der Waals surface area (Å²) in [7, 11) is 1.75. The molecule has 0 spiro atoms. The lowest BCUT2D eigenvalue weighted by molar-refractivity contribution is -0.122.